The van der Waals surface area contributed by atoms with Crippen LogP contribution in [0.1, 0.15) is 0 Å². The van der Waals surface area contributed by atoms with E-state index in [-0.39, 0.29) is 5.56 Å². The first-order chi connectivity index (χ1) is 14.3. The number of hydrogen-bond acceptors (Lipinski definition) is 6. The van der Waals surface area contributed by atoms with Gasteiger partial charge in [-0.2, -0.15) is 5.10 Å². The number of fused-ring (bicyclic) bond motifs is 1. The first-order valence-electron chi connectivity index (χ1n) is 9.50. The van der Waals surface area contributed by atoms with E-state index in [9.17, 15) is 4.79 Å². The highest BCUT2D eigenvalue weighted by Crippen LogP contribution is 2.27. The van der Waals surface area contributed by atoms with Crippen molar-refractivity contribution in [3.63, 3.8) is 0 Å². The van der Waals surface area contributed by atoms with Crippen LogP contribution >= 0.6 is 0 Å². The highest BCUT2D eigenvalue weighted by Gasteiger charge is 2.13. The van der Waals surface area contributed by atoms with Crippen molar-refractivity contribution in [3.05, 3.63) is 65.2 Å². The number of morpholine rings is 1. The summed E-state index contributed by atoms with van der Waals surface area (Å²) in [7, 11) is 0. The summed E-state index contributed by atoms with van der Waals surface area (Å²) in [5.74, 6) is 0.507. The van der Waals surface area contributed by atoms with Crippen LogP contribution in [0.5, 0.6) is 0 Å². The molecule has 0 bridgehead atoms. The minimum atomic E-state index is -0.182. The van der Waals surface area contributed by atoms with E-state index in [0.29, 0.717) is 16.9 Å². The van der Waals surface area contributed by atoms with Crippen LogP contribution in [0.2, 0.25) is 0 Å². The van der Waals surface area contributed by atoms with Gasteiger partial charge < -0.3 is 19.9 Å². The molecule has 4 heterocycles. The summed E-state index contributed by atoms with van der Waals surface area (Å²) < 4.78 is 5.42. The van der Waals surface area contributed by atoms with Crippen LogP contribution in [0.3, 0.4) is 0 Å². The smallest absolute Gasteiger partial charge is 0.259 e. The van der Waals surface area contributed by atoms with Crippen molar-refractivity contribution in [2.45, 2.75) is 0 Å². The Balaban J connectivity index is 1.51. The number of nitrogens with one attached hydrogen (secondary N) is 3. The normalized spacial score (nSPS) is 14.3. The Morgan fingerprint density at radius 3 is 2.66 bits per heavy atom. The molecule has 1 aliphatic rings. The second-order valence-corrected chi connectivity index (χ2v) is 6.87. The highest BCUT2D eigenvalue weighted by atomic mass is 16.5. The Kier molecular flexibility index (Phi) is 4.45. The number of pyridine rings is 2. The minimum absolute atomic E-state index is 0.182. The molecular weight excluding hydrogens is 368 g/mol. The third-order valence-corrected chi connectivity index (χ3v) is 5.04. The van der Waals surface area contributed by atoms with Gasteiger partial charge in [0.05, 0.1) is 30.0 Å². The fourth-order valence-electron chi connectivity index (χ4n) is 3.56. The van der Waals surface area contributed by atoms with Crippen molar-refractivity contribution >= 4 is 28.0 Å². The van der Waals surface area contributed by atoms with Gasteiger partial charge in [-0.15, -0.1) is 0 Å². The SMILES string of the molecule is O=c1[nH]ccc2cc(-c3ccn[nH]3)nc(Nc3ccc(N4CCOCC4)cc3)c12. The van der Waals surface area contributed by atoms with E-state index in [1.54, 1.807) is 12.4 Å². The topological polar surface area (TPSA) is 98.9 Å². The first-order valence-corrected chi connectivity index (χ1v) is 9.50. The molecule has 29 heavy (non-hydrogen) atoms. The van der Waals surface area contributed by atoms with Crippen molar-refractivity contribution in [2.24, 2.45) is 0 Å². The molecule has 0 atom stereocenters. The van der Waals surface area contributed by atoms with Gasteiger partial charge in [-0.25, -0.2) is 4.98 Å². The number of hydrogen-bond donors (Lipinski definition) is 3. The largest absolute Gasteiger partial charge is 0.378 e. The molecule has 0 saturated carbocycles. The second-order valence-electron chi connectivity index (χ2n) is 6.87. The maximum atomic E-state index is 12.5. The van der Waals surface area contributed by atoms with E-state index >= 15 is 0 Å². The Bertz CT molecular complexity index is 1180. The number of benzene rings is 1. The fraction of sp³-hybridized carbons (Fsp3) is 0.190. The van der Waals surface area contributed by atoms with Gasteiger partial charge in [0.15, 0.2) is 0 Å². The van der Waals surface area contributed by atoms with E-state index in [1.807, 2.05) is 30.3 Å². The average molecular weight is 388 g/mol. The van der Waals surface area contributed by atoms with Gasteiger partial charge in [-0.1, -0.05) is 0 Å². The molecule has 5 rings (SSSR count). The predicted octanol–water partition coefficient (Wildman–Crippen LogP) is 2.89. The standard InChI is InChI=1S/C21H20N6O2/c28-21-19-14(5-7-22-21)13-18(17-6-8-23-26-17)25-20(19)24-15-1-3-16(4-2-15)27-9-11-29-12-10-27/h1-8,13H,9-12H2,(H,22,28)(H,23,26)(H,24,25). The summed E-state index contributed by atoms with van der Waals surface area (Å²) in [4.78, 5) is 22.2. The Hall–Kier alpha value is -3.65. The van der Waals surface area contributed by atoms with Crippen molar-refractivity contribution in [1.82, 2.24) is 20.2 Å². The van der Waals surface area contributed by atoms with Crippen LogP contribution < -0.4 is 15.8 Å². The lowest BCUT2D eigenvalue weighted by atomic mass is 10.1. The summed E-state index contributed by atoms with van der Waals surface area (Å²) in [6.45, 7) is 3.28. The molecule has 8 nitrogen and oxygen atoms in total. The molecule has 3 N–H and O–H groups in total. The molecule has 1 aromatic carbocycles. The summed E-state index contributed by atoms with van der Waals surface area (Å²) in [5.41, 5.74) is 3.34. The highest BCUT2D eigenvalue weighted by molar-refractivity contribution is 5.94. The summed E-state index contributed by atoms with van der Waals surface area (Å²) >= 11 is 0. The predicted molar refractivity (Wildman–Crippen MR) is 113 cm³/mol. The molecule has 0 spiro atoms. The van der Waals surface area contributed by atoms with Gasteiger partial charge >= 0.3 is 0 Å². The van der Waals surface area contributed by atoms with Gasteiger partial charge in [-0.05, 0) is 47.9 Å². The number of aromatic amines is 2. The number of H-pyrrole nitrogens is 2. The molecule has 0 unspecified atom stereocenters. The third-order valence-electron chi connectivity index (χ3n) is 5.04. The summed E-state index contributed by atoms with van der Waals surface area (Å²) in [6, 6.07) is 13.7. The van der Waals surface area contributed by atoms with Gasteiger partial charge in [-0.3, -0.25) is 9.89 Å². The molecule has 0 radical (unpaired) electrons. The van der Waals surface area contributed by atoms with E-state index in [2.05, 4.69) is 42.5 Å². The number of ether oxygens (including phenoxy) is 1. The van der Waals surface area contributed by atoms with Crippen molar-refractivity contribution in [2.75, 3.05) is 36.5 Å². The van der Waals surface area contributed by atoms with Gasteiger partial charge in [0.2, 0.25) is 0 Å². The van der Waals surface area contributed by atoms with Crippen molar-refractivity contribution in [3.8, 4) is 11.4 Å². The molecule has 1 fully saturated rings. The zero-order chi connectivity index (χ0) is 19.6. The van der Waals surface area contributed by atoms with Crippen LogP contribution in [0.15, 0.2) is 59.7 Å². The van der Waals surface area contributed by atoms with Crippen LogP contribution in [-0.2, 0) is 4.74 Å². The quantitative estimate of drug-likeness (QED) is 0.497. The van der Waals surface area contributed by atoms with Crippen LogP contribution in [0.4, 0.5) is 17.2 Å². The molecule has 4 aromatic rings. The van der Waals surface area contributed by atoms with Gasteiger partial charge in [0, 0.05) is 36.9 Å². The monoisotopic (exact) mass is 388 g/mol. The maximum absolute atomic E-state index is 12.5. The molecule has 1 aliphatic heterocycles. The number of nitrogens with zero attached hydrogens (tertiary/aromatic N) is 3. The van der Waals surface area contributed by atoms with Gasteiger partial charge in [0.1, 0.15) is 5.82 Å². The number of anilines is 3. The molecule has 0 aliphatic carbocycles. The maximum Gasteiger partial charge on any atom is 0.259 e. The molecule has 0 amide bonds. The lowest BCUT2D eigenvalue weighted by Gasteiger charge is -2.28. The van der Waals surface area contributed by atoms with Crippen molar-refractivity contribution in [1.29, 1.82) is 0 Å². The van der Waals surface area contributed by atoms with Crippen molar-refractivity contribution < 1.29 is 4.74 Å². The molecule has 146 valence electrons. The molecule has 8 heteroatoms. The zero-order valence-electron chi connectivity index (χ0n) is 15.7. The lowest BCUT2D eigenvalue weighted by molar-refractivity contribution is 0.122. The van der Waals surface area contributed by atoms with E-state index in [1.165, 1.54) is 0 Å². The van der Waals surface area contributed by atoms with Crippen LogP contribution in [-0.4, -0.2) is 46.5 Å². The average Bonchev–Trinajstić information content (AvgIpc) is 3.30. The fourth-order valence-corrected chi connectivity index (χ4v) is 3.56. The van der Waals surface area contributed by atoms with E-state index in [4.69, 9.17) is 4.74 Å². The zero-order valence-corrected chi connectivity index (χ0v) is 15.7. The third kappa shape index (κ3) is 3.45. The summed E-state index contributed by atoms with van der Waals surface area (Å²) in [5, 5.41) is 11.6. The van der Waals surface area contributed by atoms with E-state index < -0.39 is 0 Å². The number of rotatable bonds is 4. The Morgan fingerprint density at radius 2 is 1.90 bits per heavy atom. The molecular formula is C21H20N6O2. The number of aromatic nitrogens is 4. The lowest BCUT2D eigenvalue weighted by Crippen LogP contribution is -2.36. The van der Waals surface area contributed by atoms with Crippen LogP contribution in [0, 0.1) is 0 Å². The Labute approximate surface area is 166 Å². The molecule has 1 saturated heterocycles. The van der Waals surface area contributed by atoms with Gasteiger partial charge in [0.25, 0.3) is 5.56 Å². The second kappa shape index (κ2) is 7.40. The Morgan fingerprint density at radius 1 is 1.07 bits per heavy atom. The van der Waals surface area contributed by atoms with Crippen LogP contribution in [0.25, 0.3) is 22.2 Å². The molecule has 3 aromatic heterocycles. The first kappa shape index (κ1) is 17.4. The minimum Gasteiger partial charge on any atom is -0.378 e. The summed E-state index contributed by atoms with van der Waals surface area (Å²) in [6.07, 6.45) is 3.32. The van der Waals surface area contributed by atoms with E-state index in [0.717, 1.165) is 48.8 Å².